The molecule has 150 valence electrons. The molecule has 2 aromatic carbocycles. The van der Waals surface area contributed by atoms with E-state index >= 15 is 0 Å². The lowest BCUT2D eigenvalue weighted by Gasteiger charge is -2.11. The Hall–Kier alpha value is -1.76. The van der Waals surface area contributed by atoms with Gasteiger partial charge < -0.3 is 25.3 Å². The van der Waals surface area contributed by atoms with E-state index in [-0.39, 0.29) is 0 Å². The fourth-order valence-corrected chi connectivity index (χ4v) is 2.98. The minimum absolute atomic E-state index is 0.522. The summed E-state index contributed by atoms with van der Waals surface area (Å²) in [5.41, 5.74) is 7.91. The van der Waals surface area contributed by atoms with Crippen LogP contribution in [0.15, 0.2) is 40.9 Å². The quantitative estimate of drug-likeness (QED) is 0.655. The fourth-order valence-electron chi connectivity index (χ4n) is 2.49. The lowest BCUT2D eigenvalue weighted by atomic mass is 10.1. The van der Waals surface area contributed by atoms with Crippen LogP contribution in [0, 0.1) is 0 Å². The molecule has 0 aliphatic heterocycles. The number of nitrogens with one attached hydrogen (secondary N) is 1. The number of ether oxygens (including phenoxy) is 3. The third-order valence-corrected chi connectivity index (χ3v) is 4.78. The number of hydrogen-bond donors (Lipinski definition) is 2. The first-order chi connectivity index (χ1) is 13.0. The van der Waals surface area contributed by atoms with Crippen molar-refractivity contribution in [1.29, 1.82) is 0 Å². The Kier molecular flexibility index (Phi) is 10.9. The topological polar surface area (TPSA) is 65.7 Å². The van der Waals surface area contributed by atoms with Crippen LogP contribution >= 0.6 is 15.9 Å². The van der Waals surface area contributed by atoms with E-state index in [4.69, 9.17) is 19.9 Å². The molecule has 27 heavy (non-hydrogen) atoms. The number of nitrogens with two attached hydrogens (primary N) is 1. The molecule has 0 aromatic heterocycles. The first-order valence-electron chi connectivity index (χ1n) is 8.89. The lowest BCUT2D eigenvalue weighted by Crippen LogP contribution is -2.23. The van der Waals surface area contributed by atoms with Gasteiger partial charge in [0.1, 0.15) is 17.2 Å². The summed E-state index contributed by atoms with van der Waals surface area (Å²) in [6, 6.07) is 12.6. The number of benzene rings is 2. The maximum atomic E-state index is 5.51. The first kappa shape index (κ1) is 23.3. The summed E-state index contributed by atoms with van der Waals surface area (Å²) in [4.78, 5) is 0. The fraction of sp³-hybridized carbons (Fsp3) is 0.429. The number of likely N-dealkylation sites (N-methyl/N-ethyl adjacent to an activating group) is 1. The van der Waals surface area contributed by atoms with Crippen molar-refractivity contribution >= 4 is 15.9 Å². The van der Waals surface area contributed by atoms with E-state index < -0.39 is 0 Å². The van der Waals surface area contributed by atoms with Crippen molar-refractivity contribution in [3.05, 3.63) is 52.0 Å². The molecule has 5 nitrogen and oxygen atoms in total. The van der Waals surface area contributed by atoms with Gasteiger partial charge in [0.2, 0.25) is 0 Å². The van der Waals surface area contributed by atoms with Crippen LogP contribution < -0.4 is 25.3 Å². The van der Waals surface area contributed by atoms with Crippen molar-refractivity contribution in [2.75, 3.05) is 34.9 Å². The Balaban J connectivity index is 0.000000271. The van der Waals surface area contributed by atoms with E-state index in [1.54, 1.807) is 21.3 Å². The predicted molar refractivity (Wildman–Crippen MR) is 115 cm³/mol. The summed E-state index contributed by atoms with van der Waals surface area (Å²) in [5.74, 6) is 2.55. The minimum atomic E-state index is 0.522. The lowest BCUT2D eigenvalue weighted by molar-refractivity contribution is 0.397. The molecule has 0 aliphatic rings. The molecule has 0 bridgehead atoms. The second kappa shape index (κ2) is 12.6. The third-order valence-electron chi connectivity index (χ3n) is 4.16. The van der Waals surface area contributed by atoms with Crippen molar-refractivity contribution in [2.45, 2.75) is 25.8 Å². The summed E-state index contributed by atoms with van der Waals surface area (Å²) >= 11 is 3.40. The van der Waals surface area contributed by atoms with Crippen LogP contribution in [0.4, 0.5) is 0 Å². The van der Waals surface area contributed by atoms with Crippen molar-refractivity contribution in [3.63, 3.8) is 0 Å². The van der Waals surface area contributed by atoms with E-state index in [9.17, 15) is 0 Å². The van der Waals surface area contributed by atoms with Gasteiger partial charge in [-0.15, -0.1) is 0 Å². The highest BCUT2D eigenvalue weighted by Gasteiger charge is 2.08. The smallest absolute Gasteiger partial charge is 0.133 e. The standard InChI is InChI=1S/C11H17NO.C10H14BrNO2/c1-9(12-2)8-10-4-6-11(13-3)7-5-10;1-13-9-6-8(11)10(14-2)5-7(9)3-4-12/h4-7,9,12H,8H2,1-3H3;5-6H,3-4,12H2,1-2H3. The molecule has 1 unspecified atom stereocenters. The molecule has 0 aliphatic carbocycles. The summed E-state index contributed by atoms with van der Waals surface area (Å²) in [7, 11) is 6.95. The molecule has 0 amide bonds. The second-order valence-electron chi connectivity index (χ2n) is 6.08. The van der Waals surface area contributed by atoms with Crippen LogP contribution in [0.2, 0.25) is 0 Å². The summed E-state index contributed by atoms with van der Waals surface area (Å²) in [6.45, 7) is 2.77. The molecule has 0 heterocycles. The van der Waals surface area contributed by atoms with Gasteiger partial charge in [0.15, 0.2) is 0 Å². The van der Waals surface area contributed by atoms with Crippen molar-refractivity contribution in [3.8, 4) is 17.2 Å². The van der Waals surface area contributed by atoms with Crippen molar-refractivity contribution < 1.29 is 14.2 Å². The van der Waals surface area contributed by atoms with Crippen LogP contribution in [0.3, 0.4) is 0 Å². The van der Waals surface area contributed by atoms with Crippen LogP contribution in [-0.2, 0) is 12.8 Å². The van der Waals surface area contributed by atoms with Gasteiger partial charge in [0, 0.05) is 6.04 Å². The number of hydrogen-bond acceptors (Lipinski definition) is 5. The van der Waals surface area contributed by atoms with Crippen molar-refractivity contribution in [1.82, 2.24) is 5.32 Å². The molecule has 1 atom stereocenters. The molecule has 0 fully saturated rings. The summed E-state index contributed by atoms with van der Waals surface area (Å²) < 4.78 is 16.4. The molecule has 0 radical (unpaired) electrons. The Bertz CT molecular complexity index is 678. The van der Waals surface area contributed by atoms with Crippen LogP contribution in [0.5, 0.6) is 17.2 Å². The molecule has 6 heteroatoms. The van der Waals surface area contributed by atoms with Gasteiger partial charge >= 0.3 is 0 Å². The Morgan fingerprint density at radius 1 is 1.00 bits per heavy atom. The average Bonchev–Trinajstić information content (AvgIpc) is 2.70. The molecule has 0 saturated carbocycles. The first-order valence-corrected chi connectivity index (χ1v) is 9.68. The van der Waals surface area contributed by atoms with Crippen LogP contribution in [-0.4, -0.2) is 41.0 Å². The van der Waals surface area contributed by atoms with Gasteiger partial charge in [-0.3, -0.25) is 0 Å². The Morgan fingerprint density at radius 2 is 1.63 bits per heavy atom. The summed E-state index contributed by atoms with van der Waals surface area (Å²) in [5, 5.41) is 3.21. The van der Waals surface area contributed by atoms with Gasteiger partial charge in [-0.05, 0) is 84.7 Å². The highest BCUT2D eigenvalue weighted by atomic mass is 79.9. The van der Waals surface area contributed by atoms with Gasteiger partial charge in [-0.1, -0.05) is 12.1 Å². The monoisotopic (exact) mass is 438 g/mol. The SMILES string of the molecule is CNC(C)Cc1ccc(OC)cc1.COc1cc(CCN)c(OC)cc1Br. The largest absolute Gasteiger partial charge is 0.497 e. The highest BCUT2D eigenvalue weighted by Crippen LogP contribution is 2.32. The van der Waals surface area contributed by atoms with Gasteiger partial charge in [0.25, 0.3) is 0 Å². The zero-order valence-electron chi connectivity index (χ0n) is 16.8. The van der Waals surface area contributed by atoms with Gasteiger partial charge in [0.05, 0.1) is 25.8 Å². The van der Waals surface area contributed by atoms with E-state index in [2.05, 4.69) is 40.3 Å². The maximum Gasteiger partial charge on any atom is 0.133 e. The average molecular weight is 439 g/mol. The molecule has 2 rings (SSSR count). The zero-order chi connectivity index (χ0) is 20.2. The van der Waals surface area contributed by atoms with Crippen LogP contribution in [0.25, 0.3) is 0 Å². The number of halogens is 1. The molecule has 3 N–H and O–H groups in total. The van der Waals surface area contributed by atoms with Crippen LogP contribution in [0.1, 0.15) is 18.1 Å². The normalized spacial score (nSPS) is 11.2. The number of rotatable bonds is 8. The zero-order valence-corrected chi connectivity index (χ0v) is 18.4. The second-order valence-corrected chi connectivity index (χ2v) is 6.93. The molecule has 0 spiro atoms. The maximum absolute atomic E-state index is 5.51. The molecule has 0 saturated heterocycles. The summed E-state index contributed by atoms with van der Waals surface area (Å²) in [6.07, 6.45) is 1.84. The van der Waals surface area contributed by atoms with Gasteiger partial charge in [-0.2, -0.15) is 0 Å². The van der Waals surface area contributed by atoms with E-state index in [0.29, 0.717) is 12.6 Å². The molecular weight excluding hydrogens is 408 g/mol. The van der Waals surface area contributed by atoms with E-state index in [1.807, 2.05) is 31.3 Å². The molecular formula is C21H31BrN2O3. The predicted octanol–water partition coefficient (Wildman–Crippen LogP) is 3.81. The minimum Gasteiger partial charge on any atom is -0.497 e. The number of methoxy groups -OCH3 is 3. The third kappa shape index (κ3) is 7.79. The molecule has 2 aromatic rings. The van der Waals surface area contributed by atoms with Gasteiger partial charge in [-0.25, -0.2) is 0 Å². The van der Waals surface area contributed by atoms with E-state index in [1.165, 1.54) is 5.56 Å². The Labute approximate surface area is 171 Å². The Morgan fingerprint density at radius 3 is 2.11 bits per heavy atom. The van der Waals surface area contributed by atoms with E-state index in [0.717, 1.165) is 40.1 Å². The van der Waals surface area contributed by atoms with Crippen molar-refractivity contribution in [2.24, 2.45) is 5.73 Å². The highest BCUT2D eigenvalue weighted by molar-refractivity contribution is 9.10.